The first-order valence-electron chi connectivity index (χ1n) is 7.83. The lowest BCUT2D eigenvalue weighted by atomic mass is 10.1. The van der Waals surface area contributed by atoms with Crippen LogP contribution in [-0.2, 0) is 14.3 Å². The lowest BCUT2D eigenvalue weighted by molar-refractivity contribution is -0.145. The number of carbonyl (C=O) groups is 2. The summed E-state index contributed by atoms with van der Waals surface area (Å²) in [6.45, 7) is 3.70. The van der Waals surface area contributed by atoms with Crippen LogP contribution in [0.4, 0.5) is 0 Å². The van der Waals surface area contributed by atoms with Crippen molar-refractivity contribution >= 4 is 46.3 Å². The second-order valence-corrected chi connectivity index (χ2v) is 6.88. The molecule has 1 aromatic rings. The van der Waals surface area contributed by atoms with Crippen LogP contribution in [0.15, 0.2) is 34.8 Å². The standard InChI is InChI=1S/C18H19NO5S2/c1-4-23-15(20)10-24-13-8-7-12(9-14(13)22-3)6-5-11(2)16-17(21)19-18(25)26-16/h5-9H,4,10H2,1-3H3,(H,19,21,25)/b6-5+,16-11+. The van der Waals surface area contributed by atoms with Crippen molar-refractivity contribution in [3.63, 3.8) is 0 Å². The van der Waals surface area contributed by atoms with Crippen LogP contribution in [0.5, 0.6) is 11.5 Å². The number of benzene rings is 1. The summed E-state index contributed by atoms with van der Waals surface area (Å²) in [4.78, 5) is 23.7. The number of hydrogen-bond donors (Lipinski definition) is 1. The summed E-state index contributed by atoms with van der Waals surface area (Å²) in [6.07, 6.45) is 3.69. The molecule has 0 saturated carbocycles. The van der Waals surface area contributed by atoms with E-state index in [0.717, 1.165) is 11.1 Å². The predicted molar refractivity (Wildman–Crippen MR) is 105 cm³/mol. The average Bonchev–Trinajstić information content (AvgIpc) is 2.96. The van der Waals surface area contributed by atoms with Gasteiger partial charge >= 0.3 is 5.97 Å². The number of thiocarbonyl (C=S) groups is 1. The zero-order valence-corrected chi connectivity index (χ0v) is 16.3. The van der Waals surface area contributed by atoms with Crippen LogP contribution < -0.4 is 14.8 Å². The summed E-state index contributed by atoms with van der Waals surface area (Å²) in [5.41, 5.74) is 1.67. The molecule has 0 spiro atoms. The van der Waals surface area contributed by atoms with Crippen molar-refractivity contribution in [2.75, 3.05) is 20.3 Å². The topological polar surface area (TPSA) is 73.9 Å². The molecule has 138 valence electrons. The Morgan fingerprint density at radius 3 is 2.73 bits per heavy atom. The highest BCUT2D eigenvalue weighted by Gasteiger charge is 2.23. The third kappa shape index (κ3) is 5.34. The van der Waals surface area contributed by atoms with E-state index in [9.17, 15) is 9.59 Å². The van der Waals surface area contributed by atoms with Crippen LogP contribution in [0.3, 0.4) is 0 Å². The Hall–Kier alpha value is -2.32. The van der Waals surface area contributed by atoms with Crippen molar-refractivity contribution in [1.82, 2.24) is 5.32 Å². The average molecular weight is 393 g/mol. The summed E-state index contributed by atoms with van der Waals surface area (Å²) in [5.74, 6) is 0.327. The van der Waals surface area contributed by atoms with Gasteiger partial charge in [0.1, 0.15) is 4.32 Å². The van der Waals surface area contributed by atoms with Gasteiger partial charge < -0.3 is 19.5 Å². The summed E-state index contributed by atoms with van der Waals surface area (Å²) in [7, 11) is 1.52. The molecule has 0 radical (unpaired) electrons. The molecular weight excluding hydrogens is 374 g/mol. The molecule has 1 aliphatic heterocycles. The lowest BCUT2D eigenvalue weighted by Crippen LogP contribution is -2.18. The van der Waals surface area contributed by atoms with Crippen LogP contribution in [0.25, 0.3) is 6.08 Å². The number of thioether (sulfide) groups is 1. The zero-order valence-electron chi connectivity index (χ0n) is 14.7. The molecule has 0 aromatic heterocycles. The highest BCUT2D eigenvalue weighted by molar-refractivity contribution is 8.26. The molecule has 8 heteroatoms. The van der Waals surface area contributed by atoms with Crippen LogP contribution >= 0.6 is 24.0 Å². The Morgan fingerprint density at radius 1 is 1.35 bits per heavy atom. The van der Waals surface area contributed by atoms with E-state index in [1.165, 1.54) is 18.9 Å². The van der Waals surface area contributed by atoms with E-state index in [-0.39, 0.29) is 12.5 Å². The van der Waals surface area contributed by atoms with Crippen LogP contribution in [0, 0.1) is 0 Å². The Morgan fingerprint density at radius 2 is 2.12 bits per heavy atom. The number of esters is 1. The van der Waals surface area contributed by atoms with Crippen molar-refractivity contribution in [2.45, 2.75) is 13.8 Å². The van der Waals surface area contributed by atoms with Gasteiger partial charge in [-0.05, 0) is 37.1 Å². The van der Waals surface area contributed by atoms with E-state index in [4.69, 9.17) is 26.4 Å². The number of hydrogen-bond acceptors (Lipinski definition) is 7. The number of carbonyl (C=O) groups excluding carboxylic acids is 2. The predicted octanol–water partition coefficient (Wildman–Crippen LogP) is 3.07. The van der Waals surface area contributed by atoms with Gasteiger partial charge in [-0.2, -0.15) is 0 Å². The van der Waals surface area contributed by atoms with Crippen molar-refractivity contribution in [3.8, 4) is 11.5 Å². The highest BCUT2D eigenvalue weighted by Crippen LogP contribution is 2.30. The molecule has 1 saturated heterocycles. The van der Waals surface area contributed by atoms with Crippen molar-refractivity contribution in [1.29, 1.82) is 0 Å². The fourth-order valence-electron chi connectivity index (χ4n) is 2.12. The molecule has 2 rings (SSSR count). The van der Waals surface area contributed by atoms with Crippen LogP contribution in [-0.4, -0.2) is 36.5 Å². The number of nitrogens with one attached hydrogen (secondary N) is 1. The Labute approximate surface area is 161 Å². The molecule has 0 bridgehead atoms. The first-order chi connectivity index (χ1) is 12.4. The van der Waals surface area contributed by atoms with Gasteiger partial charge in [-0.1, -0.05) is 42.2 Å². The van der Waals surface area contributed by atoms with Crippen LogP contribution in [0.2, 0.25) is 0 Å². The Bertz CT molecular complexity index is 786. The fraction of sp³-hybridized carbons (Fsp3) is 0.278. The second kappa shape index (κ2) is 9.40. The van der Waals surface area contributed by atoms with Gasteiger partial charge in [0.15, 0.2) is 18.1 Å². The molecule has 1 fully saturated rings. The van der Waals surface area contributed by atoms with Gasteiger partial charge in [0.05, 0.1) is 18.6 Å². The summed E-state index contributed by atoms with van der Waals surface area (Å²) < 4.78 is 16.0. The zero-order chi connectivity index (χ0) is 19.1. The van der Waals surface area contributed by atoms with E-state index in [2.05, 4.69) is 5.32 Å². The molecular formula is C18H19NO5S2. The third-order valence-corrected chi connectivity index (χ3v) is 4.69. The van der Waals surface area contributed by atoms with Gasteiger partial charge in [0.25, 0.3) is 5.91 Å². The molecule has 0 atom stereocenters. The molecule has 1 amide bonds. The minimum absolute atomic E-state index is 0.178. The van der Waals surface area contributed by atoms with Gasteiger partial charge in [0.2, 0.25) is 0 Å². The highest BCUT2D eigenvalue weighted by atomic mass is 32.2. The maximum atomic E-state index is 11.8. The number of ether oxygens (including phenoxy) is 3. The largest absolute Gasteiger partial charge is 0.493 e. The van der Waals surface area contributed by atoms with Gasteiger partial charge in [-0.25, -0.2) is 4.79 Å². The number of amides is 1. The van der Waals surface area contributed by atoms with E-state index in [1.54, 1.807) is 19.1 Å². The first-order valence-corrected chi connectivity index (χ1v) is 9.05. The third-order valence-electron chi connectivity index (χ3n) is 3.34. The van der Waals surface area contributed by atoms with Crippen molar-refractivity contribution in [2.24, 2.45) is 0 Å². The summed E-state index contributed by atoms with van der Waals surface area (Å²) >= 11 is 6.24. The maximum absolute atomic E-state index is 11.8. The smallest absolute Gasteiger partial charge is 0.344 e. The molecule has 0 unspecified atom stereocenters. The number of rotatable bonds is 7. The maximum Gasteiger partial charge on any atom is 0.344 e. The summed E-state index contributed by atoms with van der Waals surface area (Å²) in [5, 5.41) is 2.59. The van der Waals surface area contributed by atoms with Crippen LogP contribution in [0.1, 0.15) is 19.4 Å². The normalized spacial score (nSPS) is 15.8. The minimum Gasteiger partial charge on any atom is -0.493 e. The molecule has 1 aliphatic rings. The quantitative estimate of drug-likeness (QED) is 0.433. The molecule has 1 aromatic carbocycles. The van der Waals surface area contributed by atoms with Gasteiger partial charge in [0, 0.05) is 0 Å². The molecule has 6 nitrogen and oxygen atoms in total. The number of allylic oxidation sites excluding steroid dienone is 2. The minimum atomic E-state index is -0.439. The monoisotopic (exact) mass is 393 g/mol. The van der Waals surface area contributed by atoms with Gasteiger partial charge in [-0.3, -0.25) is 4.79 Å². The first kappa shape index (κ1) is 20.0. The molecule has 0 aliphatic carbocycles. The van der Waals surface area contributed by atoms with Crippen molar-refractivity contribution < 1.29 is 23.8 Å². The van der Waals surface area contributed by atoms with Crippen molar-refractivity contribution in [3.05, 3.63) is 40.3 Å². The molecule has 26 heavy (non-hydrogen) atoms. The fourth-order valence-corrected chi connectivity index (χ4v) is 3.16. The SMILES string of the molecule is CCOC(=O)COc1ccc(/C=C/C(C)=C2/SC(=S)NC2=O)cc1OC. The van der Waals surface area contributed by atoms with Gasteiger partial charge in [-0.15, -0.1) is 0 Å². The Balaban J connectivity index is 2.11. The molecule has 1 heterocycles. The van der Waals surface area contributed by atoms with E-state index < -0.39 is 5.97 Å². The molecule has 1 N–H and O–H groups in total. The van der Waals surface area contributed by atoms with E-state index in [1.807, 2.05) is 25.1 Å². The van der Waals surface area contributed by atoms with E-state index >= 15 is 0 Å². The second-order valence-electron chi connectivity index (χ2n) is 5.19. The summed E-state index contributed by atoms with van der Waals surface area (Å²) in [6, 6.07) is 5.32. The van der Waals surface area contributed by atoms with E-state index in [0.29, 0.717) is 27.3 Å². The Kier molecular flexibility index (Phi) is 7.23. The number of methoxy groups -OCH3 is 1. The lowest BCUT2D eigenvalue weighted by Gasteiger charge is -2.10.